The lowest BCUT2D eigenvalue weighted by Gasteiger charge is -2.13. The maximum Gasteiger partial charge on any atom is 0.341 e. The summed E-state index contributed by atoms with van der Waals surface area (Å²) >= 11 is 1.52. The first kappa shape index (κ1) is 24.5. The van der Waals surface area contributed by atoms with E-state index in [0.29, 0.717) is 17.8 Å². The fourth-order valence-corrected chi connectivity index (χ4v) is 5.87. The second-order valence-electron chi connectivity index (χ2n) is 8.63. The minimum absolute atomic E-state index is 0.247. The van der Waals surface area contributed by atoms with Crippen molar-refractivity contribution in [3.05, 3.63) is 86.5 Å². The molecule has 0 amide bonds. The molecule has 5 aromatic rings. The highest BCUT2D eigenvalue weighted by molar-refractivity contribution is 7.18. The molecule has 3 aromatic heterocycles. The van der Waals surface area contributed by atoms with Crippen LogP contribution in [-0.2, 0) is 17.7 Å². The van der Waals surface area contributed by atoms with Gasteiger partial charge >= 0.3 is 5.97 Å². The SMILES string of the molecule is CCc1sc2c(c1C(C)OC)c(=O)c(C(=O)O)cn2Cc1ccc(-c2ccccc2-c2nn[nH]n2)cc1. The number of hydrogen-bond acceptors (Lipinski definition) is 7. The van der Waals surface area contributed by atoms with E-state index < -0.39 is 11.4 Å². The van der Waals surface area contributed by atoms with Crippen LogP contribution < -0.4 is 5.43 Å². The van der Waals surface area contributed by atoms with Gasteiger partial charge in [-0.25, -0.2) is 4.79 Å². The fraction of sp³-hybridized carbons (Fsp3) is 0.222. The lowest BCUT2D eigenvalue weighted by atomic mass is 9.98. The third-order valence-electron chi connectivity index (χ3n) is 6.46. The maximum absolute atomic E-state index is 13.2. The zero-order valence-corrected chi connectivity index (χ0v) is 21.4. The van der Waals surface area contributed by atoms with E-state index in [2.05, 4.69) is 20.6 Å². The topological polar surface area (TPSA) is 123 Å². The smallest absolute Gasteiger partial charge is 0.341 e. The van der Waals surface area contributed by atoms with Crippen molar-refractivity contribution in [2.24, 2.45) is 0 Å². The van der Waals surface area contributed by atoms with Gasteiger partial charge in [-0.2, -0.15) is 5.21 Å². The maximum atomic E-state index is 13.2. The van der Waals surface area contributed by atoms with Crippen molar-refractivity contribution in [1.29, 1.82) is 0 Å². The molecular weight excluding hydrogens is 490 g/mol. The van der Waals surface area contributed by atoms with Crippen molar-refractivity contribution < 1.29 is 14.6 Å². The van der Waals surface area contributed by atoms with Gasteiger partial charge in [-0.05, 0) is 35.2 Å². The van der Waals surface area contributed by atoms with E-state index in [-0.39, 0.29) is 11.7 Å². The Bertz CT molecular complexity index is 1640. The molecule has 0 spiro atoms. The minimum Gasteiger partial charge on any atom is -0.477 e. The van der Waals surface area contributed by atoms with E-state index >= 15 is 0 Å². The van der Waals surface area contributed by atoms with Gasteiger partial charge in [0.1, 0.15) is 10.4 Å². The summed E-state index contributed by atoms with van der Waals surface area (Å²) in [4.78, 5) is 27.0. The van der Waals surface area contributed by atoms with Crippen LogP contribution in [0.25, 0.3) is 32.7 Å². The molecule has 0 radical (unpaired) electrons. The van der Waals surface area contributed by atoms with E-state index in [1.165, 1.54) is 17.5 Å². The van der Waals surface area contributed by atoms with Crippen LogP contribution in [0.4, 0.5) is 0 Å². The molecule has 0 saturated carbocycles. The molecule has 0 aliphatic heterocycles. The average molecular weight is 516 g/mol. The number of hydrogen-bond donors (Lipinski definition) is 2. The Labute approximate surface area is 216 Å². The number of nitrogens with zero attached hydrogens (tertiary/aromatic N) is 4. The number of aromatic nitrogens is 5. The molecule has 0 aliphatic carbocycles. The lowest BCUT2D eigenvalue weighted by molar-refractivity contribution is 0.0694. The number of nitrogens with one attached hydrogen (secondary N) is 1. The minimum atomic E-state index is -1.24. The molecule has 188 valence electrons. The second kappa shape index (κ2) is 10.1. The fourth-order valence-electron chi connectivity index (χ4n) is 4.58. The Morgan fingerprint density at radius 1 is 1.16 bits per heavy atom. The van der Waals surface area contributed by atoms with Crippen molar-refractivity contribution in [3.63, 3.8) is 0 Å². The molecule has 0 saturated heterocycles. The monoisotopic (exact) mass is 515 g/mol. The van der Waals surface area contributed by atoms with Crippen molar-refractivity contribution >= 4 is 27.5 Å². The summed E-state index contributed by atoms with van der Waals surface area (Å²) in [5.74, 6) is -0.726. The number of tetrazole rings is 1. The van der Waals surface area contributed by atoms with Gasteiger partial charge in [0.25, 0.3) is 0 Å². The van der Waals surface area contributed by atoms with Gasteiger partial charge in [0.05, 0.1) is 11.5 Å². The van der Waals surface area contributed by atoms with Crippen LogP contribution in [0.1, 0.15) is 46.3 Å². The number of benzene rings is 2. The summed E-state index contributed by atoms with van der Waals surface area (Å²) in [5.41, 5.74) is 3.85. The van der Waals surface area contributed by atoms with Gasteiger partial charge in [0.2, 0.25) is 11.3 Å². The highest BCUT2D eigenvalue weighted by Gasteiger charge is 2.24. The molecule has 2 N–H and O–H groups in total. The van der Waals surface area contributed by atoms with Crippen molar-refractivity contribution in [2.45, 2.75) is 32.9 Å². The molecule has 1 unspecified atom stereocenters. The van der Waals surface area contributed by atoms with Gasteiger partial charge in [-0.1, -0.05) is 55.5 Å². The molecule has 3 heterocycles. The second-order valence-corrected chi connectivity index (χ2v) is 9.72. The quantitative estimate of drug-likeness (QED) is 0.300. The summed E-state index contributed by atoms with van der Waals surface area (Å²) in [6.45, 7) is 4.31. The first-order valence-corrected chi connectivity index (χ1v) is 12.6. The lowest BCUT2D eigenvalue weighted by Crippen LogP contribution is -2.19. The summed E-state index contributed by atoms with van der Waals surface area (Å²) in [6, 6.07) is 15.8. The molecule has 5 rings (SSSR count). The van der Waals surface area contributed by atoms with Crippen molar-refractivity contribution in [3.8, 4) is 22.5 Å². The van der Waals surface area contributed by atoms with Gasteiger partial charge in [-0.3, -0.25) is 4.79 Å². The van der Waals surface area contributed by atoms with Crippen LogP contribution >= 0.6 is 11.3 Å². The zero-order valence-electron chi connectivity index (χ0n) is 20.6. The van der Waals surface area contributed by atoms with E-state index in [9.17, 15) is 14.7 Å². The molecule has 10 heteroatoms. The van der Waals surface area contributed by atoms with Gasteiger partial charge < -0.3 is 14.4 Å². The van der Waals surface area contributed by atoms with Crippen molar-refractivity contribution in [2.75, 3.05) is 7.11 Å². The Balaban J connectivity index is 1.58. The van der Waals surface area contributed by atoms with Gasteiger partial charge in [0.15, 0.2) is 0 Å². The number of methoxy groups -OCH3 is 1. The summed E-state index contributed by atoms with van der Waals surface area (Å²) < 4.78 is 7.41. The number of carboxylic acid groups (broad SMARTS) is 1. The number of thiophene rings is 1. The Kier molecular flexibility index (Phi) is 6.68. The Hall–Kier alpha value is -4.15. The van der Waals surface area contributed by atoms with Crippen LogP contribution in [0.3, 0.4) is 0 Å². The normalized spacial score (nSPS) is 12.2. The number of aromatic amines is 1. The van der Waals surface area contributed by atoms with Crippen LogP contribution in [0, 0.1) is 0 Å². The predicted octanol–water partition coefficient (Wildman–Crippen LogP) is 4.93. The van der Waals surface area contributed by atoms with Crippen LogP contribution in [0.15, 0.2) is 59.5 Å². The third-order valence-corrected chi connectivity index (χ3v) is 7.85. The summed E-state index contributed by atoms with van der Waals surface area (Å²) in [5, 5.41) is 24.6. The Morgan fingerprint density at radius 2 is 1.89 bits per heavy atom. The Morgan fingerprint density at radius 3 is 2.51 bits per heavy atom. The number of rotatable bonds is 8. The molecule has 0 aliphatic rings. The number of H-pyrrole nitrogens is 1. The number of pyridine rings is 1. The number of fused-ring (bicyclic) bond motifs is 1. The highest BCUT2D eigenvalue weighted by atomic mass is 32.1. The van der Waals surface area contributed by atoms with E-state index in [1.807, 2.05) is 66.9 Å². The molecule has 0 fully saturated rings. The number of aryl methyl sites for hydroxylation is 1. The van der Waals surface area contributed by atoms with Crippen LogP contribution in [0.2, 0.25) is 0 Å². The van der Waals surface area contributed by atoms with E-state index in [1.54, 1.807) is 7.11 Å². The number of aromatic carboxylic acids is 1. The molecular formula is C27H25N5O4S. The standard InChI is InChI=1S/C27H25N5O4S/c1-4-21-22(15(2)36-3)23-24(33)20(27(34)35)14-32(26(23)37-21)13-16-9-11-17(12-10-16)18-7-5-6-8-19(18)25-28-30-31-29-25/h5-12,14-15H,4,13H2,1-3H3,(H,34,35)(H,28,29,30,31). The summed E-state index contributed by atoms with van der Waals surface area (Å²) in [6.07, 6.45) is 1.84. The number of carboxylic acids is 1. The van der Waals surface area contributed by atoms with E-state index in [0.717, 1.165) is 43.9 Å². The van der Waals surface area contributed by atoms with Crippen LogP contribution in [-0.4, -0.2) is 43.4 Å². The molecule has 9 nitrogen and oxygen atoms in total. The molecule has 37 heavy (non-hydrogen) atoms. The number of ether oxygens (including phenoxy) is 1. The van der Waals surface area contributed by atoms with Crippen LogP contribution in [0.5, 0.6) is 0 Å². The zero-order chi connectivity index (χ0) is 26.1. The molecule has 1 atom stereocenters. The first-order valence-electron chi connectivity index (χ1n) is 11.8. The third kappa shape index (κ3) is 4.45. The van der Waals surface area contributed by atoms with Gasteiger partial charge in [0, 0.05) is 35.9 Å². The predicted molar refractivity (Wildman–Crippen MR) is 142 cm³/mol. The van der Waals surface area contributed by atoms with E-state index in [4.69, 9.17) is 4.74 Å². The van der Waals surface area contributed by atoms with Gasteiger partial charge in [-0.15, -0.1) is 21.5 Å². The molecule has 0 bridgehead atoms. The first-order chi connectivity index (χ1) is 17.9. The summed E-state index contributed by atoms with van der Waals surface area (Å²) in [7, 11) is 1.59. The molecule has 2 aromatic carbocycles. The highest BCUT2D eigenvalue weighted by Crippen LogP contribution is 2.36. The average Bonchev–Trinajstić information content (AvgIpc) is 3.59. The largest absolute Gasteiger partial charge is 0.477 e. The van der Waals surface area contributed by atoms with Crippen molar-refractivity contribution in [1.82, 2.24) is 25.2 Å². The number of carbonyl (C=O) groups is 1.